The number of halogens is 1. The van der Waals surface area contributed by atoms with E-state index in [4.69, 9.17) is 21.1 Å². The fraction of sp³-hybridized carbons (Fsp3) is 0.148. The van der Waals surface area contributed by atoms with Crippen molar-refractivity contribution in [3.63, 3.8) is 0 Å². The minimum absolute atomic E-state index is 0.0535. The van der Waals surface area contributed by atoms with Crippen LogP contribution in [0.3, 0.4) is 0 Å². The fourth-order valence-electron chi connectivity index (χ4n) is 3.96. The maximum Gasteiger partial charge on any atom is 0.283 e. The van der Waals surface area contributed by atoms with E-state index in [0.29, 0.717) is 54.7 Å². The fourth-order valence-corrected chi connectivity index (χ4v) is 4.17. The molecule has 0 aromatic heterocycles. The third-order valence-electron chi connectivity index (χ3n) is 5.78. The van der Waals surface area contributed by atoms with Gasteiger partial charge in [0.2, 0.25) is 0 Å². The Hall–Kier alpha value is -4.14. The van der Waals surface area contributed by atoms with Gasteiger partial charge in [0.1, 0.15) is 22.2 Å². The number of hydrogen-bond acceptors (Lipinski definition) is 6. The number of nitrogens with zero attached hydrogens (tertiary/aromatic N) is 2. The summed E-state index contributed by atoms with van der Waals surface area (Å²) in [7, 11) is 0. The SMILES string of the molecule is O=C(c1cccc(NC2=C(Cl)C(=O)N(c3ccc(Oc4ccccc4)cc3)C2=O)c1)N1CCOCC1. The Balaban J connectivity index is 1.30. The van der Waals surface area contributed by atoms with Crippen molar-refractivity contribution in [1.82, 2.24) is 4.90 Å². The van der Waals surface area contributed by atoms with Gasteiger partial charge in [0.15, 0.2) is 0 Å². The third-order valence-corrected chi connectivity index (χ3v) is 6.13. The molecule has 2 aliphatic heterocycles. The molecule has 0 bridgehead atoms. The highest BCUT2D eigenvalue weighted by Gasteiger charge is 2.39. The van der Waals surface area contributed by atoms with Gasteiger partial charge in [-0.25, -0.2) is 4.90 Å². The van der Waals surface area contributed by atoms with Crippen molar-refractivity contribution in [1.29, 1.82) is 0 Å². The lowest BCUT2D eigenvalue weighted by Crippen LogP contribution is -2.40. The number of benzene rings is 3. The lowest BCUT2D eigenvalue weighted by molar-refractivity contribution is -0.120. The van der Waals surface area contributed by atoms with Crippen LogP contribution in [-0.4, -0.2) is 48.9 Å². The summed E-state index contributed by atoms with van der Waals surface area (Å²) in [5.74, 6) is -0.129. The number of anilines is 2. The molecular weight excluding hydrogens is 482 g/mol. The molecule has 0 atom stereocenters. The van der Waals surface area contributed by atoms with E-state index in [1.807, 2.05) is 30.3 Å². The topological polar surface area (TPSA) is 88.2 Å². The number of rotatable bonds is 6. The predicted octanol–water partition coefficient (Wildman–Crippen LogP) is 4.39. The van der Waals surface area contributed by atoms with E-state index < -0.39 is 11.8 Å². The van der Waals surface area contributed by atoms with Crippen LogP contribution in [0.5, 0.6) is 11.5 Å². The van der Waals surface area contributed by atoms with E-state index >= 15 is 0 Å². The number of carbonyl (C=O) groups is 3. The van der Waals surface area contributed by atoms with Gasteiger partial charge < -0.3 is 19.7 Å². The van der Waals surface area contributed by atoms with Gasteiger partial charge in [-0.15, -0.1) is 0 Å². The zero-order valence-corrected chi connectivity index (χ0v) is 19.9. The van der Waals surface area contributed by atoms with E-state index in [1.165, 1.54) is 0 Å². The van der Waals surface area contributed by atoms with E-state index in [9.17, 15) is 14.4 Å². The normalized spacial score (nSPS) is 15.9. The molecule has 182 valence electrons. The molecule has 0 saturated carbocycles. The molecule has 8 nitrogen and oxygen atoms in total. The number of hydrogen-bond donors (Lipinski definition) is 1. The van der Waals surface area contributed by atoms with Crippen LogP contribution >= 0.6 is 11.6 Å². The van der Waals surface area contributed by atoms with E-state index in [2.05, 4.69) is 5.32 Å². The summed E-state index contributed by atoms with van der Waals surface area (Å²) in [6, 6.07) is 22.6. The molecule has 3 aromatic rings. The van der Waals surface area contributed by atoms with Gasteiger partial charge in [-0.2, -0.15) is 0 Å². The second kappa shape index (κ2) is 10.2. The number of nitrogens with one attached hydrogen (secondary N) is 1. The molecule has 1 saturated heterocycles. The molecule has 1 N–H and O–H groups in total. The van der Waals surface area contributed by atoms with Crippen molar-refractivity contribution >= 4 is 40.7 Å². The average Bonchev–Trinajstić information content (AvgIpc) is 3.13. The number of imide groups is 1. The maximum absolute atomic E-state index is 13.2. The van der Waals surface area contributed by atoms with Gasteiger partial charge in [-0.1, -0.05) is 35.9 Å². The first-order valence-corrected chi connectivity index (χ1v) is 11.7. The highest BCUT2D eigenvalue weighted by Crippen LogP contribution is 2.32. The standard InChI is InChI=1S/C27H22ClN3O5/c28-23-24(29-19-6-4-5-18(17-19)25(32)30-13-15-35-16-14-30)27(34)31(26(23)33)20-9-11-22(12-10-20)36-21-7-2-1-3-8-21/h1-12,17,29H,13-16H2. The van der Waals surface area contributed by atoms with Gasteiger partial charge in [0, 0.05) is 24.3 Å². The molecule has 2 heterocycles. The van der Waals surface area contributed by atoms with Gasteiger partial charge in [-0.05, 0) is 54.6 Å². The first kappa shape index (κ1) is 23.6. The van der Waals surface area contributed by atoms with Crippen LogP contribution < -0.4 is 15.0 Å². The van der Waals surface area contributed by atoms with Crippen molar-refractivity contribution in [2.75, 3.05) is 36.5 Å². The summed E-state index contributed by atoms with van der Waals surface area (Å²) in [6.45, 7) is 2.03. The Morgan fingerprint density at radius 1 is 0.861 bits per heavy atom. The largest absolute Gasteiger partial charge is 0.457 e. The number of para-hydroxylation sites is 1. The number of morpholine rings is 1. The Morgan fingerprint density at radius 3 is 2.28 bits per heavy atom. The van der Waals surface area contributed by atoms with Crippen LogP contribution in [0.25, 0.3) is 0 Å². The maximum atomic E-state index is 13.2. The van der Waals surface area contributed by atoms with Crippen molar-refractivity contribution < 1.29 is 23.9 Å². The zero-order chi connectivity index (χ0) is 25.1. The zero-order valence-electron chi connectivity index (χ0n) is 19.1. The molecule has 5 rings (SSSR count). The first-order chi connectivity index (χ1) is 17.5. The van der Waals surface area contributed by atoms with Crippen molar-refractivity contribution in [3.05, 3.63) is 95.2 Å². The summed E-state index contributed by atoms with van der Waals surface area (Å²) >= 11 is 6.27. The van der Waals surface area contributed by atoms with Crippen LogP contribution in [0.1, 0.15) is 10.4 Å². The number of amides is 3. The van der Waals surface area contributed by atoms with Crippen molar-refractivity contribution in [2.24, 2.45) is 0 Å². The monoisotopic (exact) mass is 503 g/mol. The molecule has 0 unspecified atom stereocenters. The molecule has 36 heavy (non-hydrogen) atoms. The minimum atomic E-state index is -0.638. The van der Waals surface area contributed by atoms with Gasteiger partial charge in [-0.3, -0.25) is 14.4 Å². The molecule has 0 aliphatic carbocycles. The van der Waals surface area contributed by atoms with Crippen LogP contribution in [0, 0.1) is 0 Å². The molecule has 0 radical (unpaired) electrons. The summed E-state index contributed by atoms with van der Waals surface area (Å²) in [4.78, 5) is 41.5. The smallest absolute Gasteiger partial charge is 0.283 e. The second-order valence-electron chi connectivity index (χ2n) is 8.15. The highest BCUT2D eigenvalue weighted by molar-refractivity contribution is 6.53. The summed E-state index contributed by atoms with van der Waals surface area (Å²) < 4.78 is 11.1. The van der Waals surface area contributed by atoms with E-state index in [-0.39, 0.29) is 16.6 Å². The van der Waals surface area contributed by atoms with E-state index in [1.54, 1.807) is 53.4 Å². The molecule has 0 spiro atoms. The number of carbonyl (C=O) groups excluding carboxylic acids is 3. The van der Waals surface area contributed by atoms with Gasteiger partial charge in [0.25, 0.3) is 17.7 Å². The molecule has 3 amide bonds. The Morgan fingerprint density at radius 2 is 1.56 bits per heavy atom. The molecule has 2 aliphatic rings. The Bertz CT molecular complexity index is 1340. The number of ether oxygens (including phenoxy) is 2. The highest BCUT2D eigenvalue weighted by atomic mass is 35.5. The molecular formula is C27H22ClN3O5. The predicted molar refractivity (Wildman–Crippen MR) is 135 cm³/mol. The lowest BCUT2D eigenvalue weighted by atomic mass is 10.1. The van der Waals surface area contributed by atoms with Crippen LogP contribution in [0.2, 0.25) is 0 Å². The second-order valence-corrected chi connectivity index (χ2v) is 8.53. The van der Waals surface area contributed by atoms with Crippen LogP contribution in [-0.2, 0) is 14.3 Å². The Labute approximate surface area is 212 Å². The van der Waals surface area contributed by atoms with Gasteiger partial charge >= 0.3 is 0 Å². The molecule has 1 fully saturated rings. The first-order valence-electron chi connectivity index (χ1n) is 11.4. The summed E-state index contributed by atoms with van der Waals surface area (Å²) in [5, 5.41) is 2.70. The van der Waals surface area contributed by atoms with Gasteiger partial charge in [0.05, 0.1) is 18.9 Å². The minimum Gasteiger partial charge on any atom is -0.457 e. The molecule has 3 aromatic carbocycles. The van der Waals surface area contributed by atoms with E-state index in [0.717, 1.165) is 4.90 Å². The quantitative estimate of drug-likeness (QED) is 0.502. The van der Waals surface area contributed by atoms with Crippen molar-refractivity contribution in [2.45, 2.75) is 0 Å². The summed E-state index contributed by atoms with van der Waals surface area (Å²) in [6.07, 6.45) is 0. The van der Waals surface area contributed by atoms with Crippen molar-refractivity contribution in [3.8, 4) is 11.5 Å². The van der Waals surface area contributed by atoms with Crippen LogP contribution in [0.15, 0.2) is 89.6 Å². The molecule has 9 heteroatoms. The third kappa shape index (κ3) is 4.82. The lowest BCUT2D eigenvalue weighted by Gasteiger charge is -2.27. The average molecular weight is 504 g/mol. The van der Waals surface area contributed by atoms with Crippen LogP contribution in [0.4, 0.5) is 11.4 Å². The Kier molecular flexibility index (Phi) is 6.71. The summed E-state index contributed by atoms with van der Waals surface area (Å²) in [5.41, 5.74) is 1.23.